The molecular formula is C12H15Cl2N3O. The number of carbonyl (C=O) groups is 1. The Morgan fingerprint density at radius 2 is 2.06 bits per heavy atom. The molecule has 0 aromatic heterocycles. The lowest BCUT2D eigenvalue weighted by Crippen LogP contribution is -2.36. The van der Waals surface area contributed by atoms with E-state index < -0.39 is 0 Å². The molecule has 0 radical (unpaired) electrons. The van der Waals surface area contributed by atoms with Gasteiger partial charge in [-0.15, -0.1) is 0 Å². The second kappa shape index (κ2) is 5.24. The number of nitrogens with zero attached hydrogens (tertiary/aromatic N) is 1. The van der Waals surface area contributed by atoms with E-state index >= 15 is 0 Å². The topological polar surface area (TPSA) is 58.4 Å². The lowest BCUT2D eigenvalue weighted by atomic mass is 10.2. The molecule has 1 aromatic carbocycles. The number of likely N-dealkylation sites (N-methyl/N-ethyl adjacent to an activating group) is 1. The van der Waals surface area contributed by atoms with Crippen LogP contribution < -0.4 is 16.0 Å². The molecule has 0 aliphatic heterocycles. The molecule has 1 aliphatic rings. The maximum Gasteiger partial charge on any atom is 0.239 e. The molecule has 1 amide bonds. The molecule has 0 unspecified atom stereocenters. The molecular weight excluding hydrogens is 273 g/mol. The van der Waals surface area contributed by atoms with Gasteiger partial charge in [-0.1, -0.05) is 23.2 Å². The van der Waals surface area contributed by atoms with Crippen LogP contribution in [0.25, 0.3) is 0 Å². The van der Waals surface area contributed by atoms with E-state index in [0.29, 0.717) is 27.5 Å². The zero-order valence-corrected chi connectivity index (χ0v) is 11.6. The van der Waals surface area contributed by atoms with Crippen LogP contribution in [0, 0.1) is 0 Å². The monoisotopic (exact) mass is 287 g/mol. The van der Waals surface area contributed by atoms with Crippen molar-refractivity contribution < 1.29 is 4.79 Å². The molecule has 1 saturated carbocycles. The first-order chi connectivity index (χ1) is 8.47. The van der Waals surface area contributed by atoms with Gasteiger partial charge in [0.2, 0.25) is 5.91 Å². The molecule has 1 aliphatic carbocycles. The zero-order valence-electron chi connectivity index (χ0n) is 10.0. The maximum absolute atomic E-state index is 11.7. The Labute approximate surface area is 116 Å². The third kappa shape index (κ3) is 3.21. The van der Waals surface area contributed by atoms with Crippen LogP contribution in [0.4, 0.5) is 11.4 Å². The number of nitrogen functional groups attached to an aromatic ring is 1. The minimum absolute atomic E-state index is 0.00882. The van der Waals surface area contributed by atoms with E-state index in [0.717, 1.165) is 12.8 Å². The van der Waals surface area contributed by atoms with Crippen LogP contribution >= 0.6 is 23.2 Å². The van der Waals surface area contributed by atoms with E-state index in [-0.39, 0.29) is 12.5 Å². The first-order valence-electron chi connectivity index (χ1n) is 5.72. The fourth-order valence-electron chi connectivity index (χ4n) is 1.68. The van der Waals surface area contributed by atoms with Crippen molar-refractivity contribution in [2.75, 3.05) is 24.2 Å². The highest BCUT2D eigenvalue weighted by Crippen LogP contribution is 2.32. The normalized spacial score (nSPS) is 14.4. The van der Waals surface area contributed by atoms with Gasteiger partial charge in [-0.3, -0.25) is 4.79 Å². The predicted molar refractivity (Wildman–Crippen MR) is 75.3 cm³/mol. The summed E-state index contributed by atoms with van der Waals surface area (Å²) in [6, 6.07) is 3.62. The van der Waals surface area contributed by atoms with Crippen molar-refractivity contribution in [2.24, 2.45) is 0 Å². The number of benzene rings is 1. The second-order valence-electron chi connectivity index (χ2n) is 4.52. The molecule has 6 heteroatoms. The second-order valence-corrected chi connectivity index (χ2v) is 5.34. The Hall–Kier alpha value is -1.13. The molecule has 18 heavy (non-hydrogen) atoms. The first kappa shape index (κ1) is 13.3. The zero-order chi connectivity index (χ0) is 13.3. The van der Waals surface area contributed by atoms with Crippen molar-refractivity contribution in [3.63, 3.8) is 0 Å². The van der Waals surface area contributed by atoms with Gasteiger partial charge in [0.15, 0.2) is 0 Å². The average molecular weight is 288 g/mol. The molecule has 0 spiro atoms. The molecule has 2 rings (SSSR count). The fraction of sp³-hybridized carbons (Fsp3) is 0.417. The van der Waals surface area contributed by atoms with Crippen molar-refractivity contribution in [3.05, 3.63) is 22.2 Å². The van der Waals surface area contributed by atoms with Crippen LogP contribution in [-0.2, 0) is 4.79 Å². The van der Waals surface area contributed by atoms with E-state index in [1.54, 1.807) is 24.1 Å². The summed E-state index contributed by atoms with van der Waals surface area (Å²) in [4.78, 5) is 13.4. The summed E-state index contributed by atoms with van der Waals surface area (Å²) >= 11 is 11.8. The number of hydrogen-bond acceptors (Lipinski definition) is 3. The van der Waals surface area contributed by atoms with E-state index in [9.17, 15) is 4.79 Å². The van der Waals surface area contributed by atoms with Gasteiger partial charge in [-0.05, 0) is 25.0 Å². The van der Waals surface area contributed by atoms with Crippen LogP contribution in [-0.4, -0.2) is 25.5 Å². The summed E-state index contributed by atoms with van der Waals surface area (Å²) in [5, 5.41) is 3.76. The molecule has 3 N–H and O–H groups in total. The number of anilines is 2. The van der Waals surface area contributed by atoms with Gasteiger partial charge in [0.25, 0.3) is 0 Å². The number of nitrogens with one attached hydrogen (secondary N) is 1. The Bertz CT molecular complexity index is 475. The van der Waals surface area contributed by atoms with Crippen LogP contribution in [0.5, 0.6) is 0 Å². The number of hydrogen-bond donors (Lipinski definition) is 2. The quantitative estimate of drug-likeness (QED) is 0.836. The first-order valence-corrected chi connectivity index (χ1v) is 6.48. The highest BCUT2D eigenvalue weighted by molar-refractivity contribution is 6.42. The van der Waals surface area contributed by atoms with Crippen LogP contribution in [0.1, 0.15) is 12.8 Å². The molecule has 1 fully saturated rings. The standard InChI is InChI=1S/C12H15Cl2N3O/c1-17(6-12(18)16-7-2-3-7)11-5-9(14)8(13)4-10(11)15/h4-5,7H,2-3,6,15H2,1H3,(H,16,18). The lowest BCUT2D eigenvalue weighted by Gasteiger charge is -2.21. The van der Waals surface area contributed by atoms with Gasteiger partial charge in [0.1, 0.15) is 0 Å². The Balaban J connectivity index is 2.05. The minimum atomic E-state index is -0.00882. The average Bonchev–Trinajstić information content (AvgIpc) is 3.06. The number of nitrogens with two attached hydrogens (primary N) is 1. The van der Waals surface area contributed by atoms with Crippen molar-refractivity contribution >= 4 is 40.5 Å². The lowest BCUT2D eigenvalue weighted by molar-refractivity contribution is -0.119. The Kier molecular flexibility index (Phi) is 3.88. The molecule has 1 aromatic rings. The van der Waals surface area contributed by atoms with Crippen molar-refractivity contribution in [3.8, 4) is 0 Å². The van der Waals surface area contributed by atoms with E-state index in [2.05, 4.69) is 5.32 Å². The predicted octanol–water partition coefficient (Wildman–Crippen LogP) is 2.29. The van der Waals surface area contributed by atoms with E-state index in [1.807, 2.05) is 0 Å². The van der Waals surface area contributed by atoms with Gasteiger partial charge in [0.05, 0.1) is 28.0 Å². The van der Waals surface area contributed by atoms with Crippen LogP contribution in [0.3, 0.4) is 0 Å². The van der Waals surface area contributed by atoms with E-state index in [4.69, 9.17) is 28.9 Å². The summed E-state index contributed by atoms with van der Waals surface area (Å²) in [7, 11) is 1.79. The van der Waals surface area contributed by atoms with Gasteiger partial charge in [-0.2, -0.15) is 0 Å². The Morgan fingerprint density at radius 1 is 1.44 bits per heavy atom. The molecule has 0 atom stereocenters. The minimum Gasteiger partial charge on any atom is -0.397 e. The summed E-state index contributed by atoms with van der Waals surface area (Å²) in [6.45, 7) is 0.249. The SMILES string of the molecule is CN(CC(=O)NC1CC1)c1cc(Cl)c(Cl)cc1N. The molecule has 98 valence electrons. The van der Waals surface area contributed by atoms with Gasteiger partial charge in [0, 0.05) is 13.1 Å². The smallest absolute Gasteiger partial charge is 0.239 e. The fourth-order valence-corrected chi connectivity index (χ4v) is 2.01. The number of amides is 1. The van der Waals surface area contributed by atoms with E-state index in [1.165, 1.54) is 0 Å². The Morgan fingerprint density at radius 3 is 2.67 bits per heavy atom. The van der Waals surface area contributed by atoms with Crippen molar-refractivity contribution in [1.82, 2.24) is 5.32 Å². The number of halogens is 2. The summed E-state index contributed by atoms with van der Waals surface area (Å²) < 4.78 is 0. The third-order valence-electron chi connectivity index (χ3n) is 2.80. The van der Waals surface area contributed by atoms with Crippen molar-refractivity contribution in [1.29, 1.82) is 0 Å². The summed E-state index contributed by atoms with van der Waals surface area (Å²) in [6.07, 6.45) is 2.15. The molecule has 0 bridgehead atoms. The van der Waals surface area contributed by atoms with Gasteiger partial charge < -0.3 is 16.0 Å². The van der Waals surface area contributed by atoms with Crippen LogP contribution in [0.15, 0.2) is 12.1 Å². The molecule has 0 heterocycles. The third-order valence-corrected chi connectivity index (χ3v) is 3.53. The summed E-state index contributed by atoms with van der Waals surface area (Å²) in [5.41, 5.74) is 7.07. The highest BCUT2D eigenvalue weighted by atomic mass is 35.5. The van der Waals surface area contributed by atoms with Crippen LogP contribution in [0.2, 0.25) is 10.0 Å². The largest absolute Gasteiger partial charge is 0.397 e. The van der Waals surface area contributed by atoms with Crippen molar-refractivity contribution in [2.45, 2.75) is 18.9 Å². The maximum atomic E-state index is 11.7. The van der Waals surface area contributed by atoms with Gasteiger partial charge >= 0.3 is 0 Å². The van der Waals surface area contributed by atoms with Gasteiger partial charge in [-0.25, -0.2) is 0 Å². The number of rotatable bonds is 4. The molecule has 4 nitrogen and oxygen atoms in total. The number of carbonyl (C=O) groups excluding carboxylic acids is 1. The highest BCUT2D eigenvalue weighted by Gasteiger charge is 2.23. The summed E-state index contributed by atoms with van der Waals surface area (Å²) in [5.74, 6) is -0.00882. The molecule has 0 saturated heterocycles.